The van der Waals surface area contributed by atoms with E-state index >= 15 is 0 Å². The second-order valence-electron chi connectivity index (χ2n) is 6.44. The van der Waals surface area contributed by atoms with E-state index in [9.17, 15) is 14.4 Å². The van der Waals surface area contributed by atoms with E-state index < -0.39 is 17.9 Å². The molecule has 0 fully saturated rings. The molecule has 1 atom stereocenters. The third-order valence-corrected chi connectivity index (χ3v) is 4.71. The maximum absolute atomic E-state index is 12.8. The fraction of sp³-hybridized carbons (Fsp3) is 0.286. The number of ether oxygens (including phenoxy) is 1. The highest BCUT2D eigenvalue weighted by molar-refractivity contribution is 5.95. The van der Waals surface area contributed by atoms with Gasteiger partial charge < -0.3 is 19.2 Å². The number of carboxylic acid groups (broad SMARTS) is 1. The van der Waals surface area contributed by atoms with E-state index in [-0.39, 0.29) is 31.2 Å². The summed E-state index contributed by atoms with van der Waals surface area (Å²) >= 11 is 0. The number of furan rings is 1. The van der Waals surface area contributed by atoms with Crippen LogP contribution in [0.1, 0.15) is 48.1 Å². The summed E-state index contributed by atoms with van der Waals surface area (Å²) in [5, 5.41) is 9.00. The molecule has 0 bridgehead atoms. The Balaban J connectivity index is 1.99. The first kappa shape index (κ1) is 19.4. The molecule has 2 heterocycles. The Bertz CT molecular complexity index is 927. The average Bonchev–Trinajstić information content (AvgIpc) is 3.14. The van der Waals surface area contributed by atoms with Crippen molar-refractivity contribution in [1.29, 1.82) is 0 Å². The van der Waals surface area contributed by atoms with Crippen LogP contribution < -0.4 is 0 Å². The molecule has 0 spiro atoms. The summed E-state index contributed by atoms with van der Waals surface area (Å²) in [6, 6.07) is 12.2. The third-order valence-electron chi connectivity index (χ3n) is 4.71. The summed E-state index contributed by atoms with van der Waals surface area (Å²) in [7, 11) is 0. The molecule has 1 aliphatic heterocycles. The zero-order valence-corrected chi connectivity index (χ0v) is 15.7. The number of aromatic carboxylic acids is 1. The smallest absolute Gasteiger partial charge is 0.371 e. The molecule has 1 N–H and O–H groups in total. The Labute approximate surface area is 162 Å². The predicted octanol–water partition coefficient (Wildman–Crippen LogP) is 3.33. The van der Waals surface area contributed by atoms with Crippen LogP contribution in [-0.2, 0) is 20.9 Å². The molecule has 0 saturated heterocycles. The molecular weight excluding hydrogens is 362 g/mol. The number of esters is 1. The number of hydrogen-bond donors (Lipinski definition) is 1. The standard InChI is InChI=1S/C21H21NO6/c1-3-27-21(26)19-13(2)22(12-15-9-10-17(28-15)20(24)25)18(23)11-16(19)14-7-5-4-6-8-14/h4-10,16H,3,11-12H2,1-2H3,(H,24,25). The lowest BCUT2D eigenvalue weighted by molar-refractivity contribution is -0.140. The van der Waals surface area contributed by atoms with Gasteiger partial charge in [0, 0.05) is 18.0 Å². The topological polar surface area (TPSA) is 97.1 Å². The summed E-state index contributed by atoms with van der Waals surface area (Å²) in [6.07, 6.45) is 0.113. The highest BCUT2D eigenvalue weighted by atomic mass is 16.5. The molecule has 146 valence electrons. The maximum atomic E-state index is 12.8. The van der Waals surface area contributed by atoms with Crippen LogP contribution >= 0.6 is 0 Å². The Morgan fingerprint density at radius 2 is 1.93 bits per heavy atom. The number of benzene rings is 1. The second-order valence-corrected chi connectivity index (χ2v) is 6.44. The van der Waals surface area contributed by atoms with Gasteiger partial charge in [0.15, 0.2) is 0 Å². The SMILES string of the molecule is CCOC(=O)C1=C(C)N(Cc2ccc(C(=O)O)o2)C(=O)CC1c1ccccc1. The number of nitrogens with zero attached hydrogens (tertiary/aromatic N) is 1. The van der Waals surface area contributed by atoms with Gasteiger partial charge >= 0.3 is 11.9 Å². The number of allylic oxidation sites excluding steroid dienone is 1. The maximum Gasteiger partial charge on any atom is 0.371 e. The van der Waals surface area contributed by atoms with Gasteiger partial charge in [-0.05, 0) is 31.5 Å². The number of carbonyl (C=O) groups is 3. The second kappa shape index (κ2) is 8.12. The lowest BCUT2D eigenvalue weighted by Gasteiger charge is -2.34. The number of hydrogen-bond acceptors (Lipinski definition) is 5. The van der Waals surface area contributed by atoms with Crippen LogP contribution in [0.2, 0.25) is 0 Å². The molecule has 1 amide bonds. The minimum absolute atomic E-state index is 0.0440. The van der Waals surface area contributed by atoms with Crippen LogP contribution in [0.5, 0.6) is 0 Å². The molecule has 7 nitrogen and oxygen atoms in total. The van der Waals surface area contributed by atoms with Gasteiger partial charge in [0.05, 0.1) is 18.7 Å². The largest absolute Gasteiger partial charge is 0.475 e. The number of carbonyl (C=O) groups excluding carboxylic acids is 2. The van der Waals surface area contributed by atoms with Gasteiger partial charge in [0.1, 0.15) is 5.76 Å². The number of amides is 1. The van der Waals surface area contributed by atoms with E-state index in [0.29, 0.717) is 17.0 Å². The summed E-state index contributed by atoms with van der Waals surface area (Å²) in [5.41, 5.74) is 1.78. The van der Waals surface area contributed by atoms with Crippen molar-refractivity contribution >= 4 is 17.8 Å². The van der Waals surface area contributed by atoms with E-state index in [2.05, 4.69) is 0 Å². The van der Waals surface area contributed by atoms with Crippen LogP contribution in [0.15, 0.2) is 58.2 Å². The van der Waals surface area contributed by atoms with Crippen LogP contribution in [0.3, 0.4) is 0 Å². The summed E-state index contributed by atoms with van der Waals surface area (Å²) in [5.74, 6) is -2.08. The van der Waals surface area contributed by atoms with Gasteiger partial charge in [-0.3, -0.25) is 4.79 Å². The number of rotatable bonds is 6. The van der Waals surface area contributed by atoms with Crippen LogP contribution in [0, 0.1) is 0 Å². The highest BCUT2D eigenvalue weighted by Crippen LogP contribution is 2.37. The van der Waals surface area contributed by atoms with E-state index in [4.69, 9.17) is 14.3 Å². The Hall–Kier alpha value is -3.35. The van der Waals surface area contributed by atoms with E-state index in [1.807, 2.05) is 30.3 Å². The molecule has 1 aromatic carbocycles. The Morgan fingerprint density at radius 3 is 2.54 bits per heavy atom. The highest BCUT2D eigenvalue weighted by Gasteiger charge is 2.37. The van der Waals surface area contributed by atoms with Crippen molar-refractivity contribution in [3.63, 3.8) is 0 Å². The zero-order chi connectivity index (χ0) is 20.3. The van der Waals surface area contributed by atoms with Gasteiger partial charge in [-0.1, -0.05) is 30.3 Å². The van der Waals surface area contributed by atoms with Crippen molar-refractivity contribution in [2.45, 2.75) is 32.7 Å². The van der Waals surface area contributed by atoms with Crippen molar-refractivity contribution in [2.24, 2.45) is 0 Å². The first-order valence-corrected chi connectivity index (χ1v) is 8.97. The molecule has 0 radical (unpaired) electrons. The Kier molecular flexibility index (Phi) is 5.63. The van der Waals surface area contributed by atoms with E-state index in [0.717, 1.165) is 5.56 Å². The van der Waals surface area contributed by atoms with Crippen LogP contribution in [0.25, 0.3) is 0 Å². The normalized spacial score (nSPS) is 17.0. The fourth-order valence-corrected chi connectivity index (χ4v) is 3.38. The van der Waals surface area contributed by atoms with Crippen LogP contribution in [0.4, 0.5) is 0 Å². The molecule has 1 unspecified atom stereocenters. The molecule has 1 aliphatic rings. The summed E-state index contributed by atoms with van der Waals surface area (Å²) in [4.78, 5) is 38.0. The molecule has 1 aromatic heterocycles. The van der Waals surface area contributed by atoms with Gasteiger partial charge in [-0.15, -0.1) is 0 Å². The molecule has 28 heavy (non-hydrogen) atoms. The first-order valence-electron chi connectivity index (χ1n) is 8.97. The van der Waals surface area contributed by atoms with Crippen molar-refractivity contribution in [2.75, 3.05) is 6.61 Å². The minimum Gasteiger partial charge on any atom is -0.475 e. The third kappa shape index (κ3) is 3.83. The van der Waals surface area contributed by atoms with Crippen molar-refractivity contribution < 1.29 is 28.6 Å². The molecule has 2 aromatic rings. The summed E-state index contributed by atoms with van der Waals surface area (Å²) in [6.45, 7) is 3.70. The monoisotopic (exact) mass is 383 g/mol. The fourth-order valence-electron chi connectivity index (χ4n) is 3.38. The van der Waals surface area contributed by atoms with E-state index in [1.54, 1.807) is 13.8 Å². The average molecular weight is 383 g/mol. The van der Waals surface area contributed by atoms with Gasteiger partial charge in [-0.2, -0.15) is 0 Å². The lowest BCUT2D eigenvalue weighted by atomic mass is 9.83. The molecule has 3 rings (SSSR count). The van der Waals surface area contributed by atoms with Gasteiger partial charge in [0.2, 0.25) is 11.7 Å². The van der Waals surface area contributed by atoms with E-state index in [1.165, 1.54) is 17.0 Å². The van der Waals surface area contributed by atoms with Crippen LogP contribution in [-0.4, -0.2) is 34.5 Å². The van der Waals surface area contributed by atoms with Gasteiger partial charge in [0.25, 0.3) is 0 Å². The lowest BCUT2D eigenvalue weighted by Crippen LogP contribution is -2.38. The first-order chi connectivity index (χ1) is 13.4. The van der Waals surface area contributed by atoms with Gasteiger partial charge in [-0.25, -0.2) is 9.59 Å². The van der Waals surface area contributed by atoms with Crippen molar-refractivity contribution in [3.05, 3.63) is 70.8 Å². The number of carboxylic acids is 1. The molecule has 0 saturated carbocycles. The van der Waals surface area contributed by atoms with Crippen molar-refractivity contribution in [3.8, 4) is 0 Å². The zero-order valence-electron chi connectivity index (χ0n) is 15.7. The summed E-state index contributed by atoms with van der Waals surface area (Å²) < 4.78 is 10.5. The molecule has 7 heteroatoms. The molecular formula is C21H21NO6. The Morgan fingerprint density at radius 1 is 1.21 bits per heavy atom. The molecule has 0 aliphatic carbocycles. The quantitative estimate of drug-likeness (QED) is 0.769. The predicted molar refractivity (Wildman–Crippen MR) is 99.4 cm³/mol. The minimum atomic E-state index is -1.18. The van der Waals surface area contributed by atoms with Crippen molar-refractivity contribution in [1.82, 2.24) is 4.90 Å².